The van der Waals surface area contributed by atoms with Gasteiger partial charge in [-0.05, 0) is 25.7 Å². The minimum Gasteiger partial charge on any atom is -0.353 e. The number of rotatable bonds is 5. The van der Waals surface area contributed by atoms with E-state index >= 15 is 0 Å². The van der Waals surface area contributed by atoms with E-state index in [-0.39, 0.29) is 12.5 Å². The highest BCUT2D eigenvalue weighted by Gasteiger charge is 2.32. The van der Waals surface area contributed by atoms with Crippen LogP contribution in [0.3, 0.4) is 0 Å². The summed E-state index contributed by atoms with van der Waals surface area (Å²) in [6.45, 7) is 1.34. The van der Waals surface area contributed by atoms with Crippen LogP contribution in [-0.2, 0) is 4.79 Å². The Balaban J connectivity index is 2.22. The van der Waals surface area contributed by atoms with Gasteiger partial charge in [0.05, 0.1) is 6.42 Å². The Kier molecular flexibility index (Phi) is 4.18. The number of amides is 1. The summed E-state index contributed by atoms with van der Waals surface area (Å²) in [5.41, 5.74) is 5.70. The Bertz CT molecular complexity index is 251. The smallest absolute Gasteiger partial charge is 0.353 e. The molecule has 2 atom stereocenters. The van der Waals surface area contributed by atoms with Crippen molar-refractivity contribution in [1.82, 2.24) is 5.32 Å². The number of nitrogens with two attached hydrogens (primary N) is 1. The number of alkyl halides is 3. The van der Waals surface area contributed by atoms with Crippen LogP contribution in [-0.4, -0.2) is 24.2 Å². The number of carbonyl (C=O) groups is 1. The first kappa shape index (κ1) is 13.3. The zero-order valence-electron chi connectivity index (χ0n) is 9.18. The van der Waals surface area contributed by atoms with Gasteiger partial charge in [-0.3, -0.25) is 4.79 Å². The van der Waals surface area contributed by atoms with Crippen molar-refractivity contribution < 1.29 is 18.0 Å². The van der Waals surface area contributed by atoms with Gasteiger partial charge in [0.1, 0.15) is 0 Å². The van der Waals surface area contributed by atoms with Crippen LogP contribution in [0.4, 0.5) is 13.2 Å². The summed E-state index contributed by atoms with van der Waals surface area (Å²) in [7, 11) is 0. The molecule has 0 aliphatic heterocycles. The van der Waals surface area contributed by atoms with E-state index in [0.29, 0.717) is 5.92 Å². The van der Waals surface area contributed by atoms with Crippen LogP contribution in [0, 0.1) is 5.92 Å². The second-order valence-electron chi connectivity index (χ2n) is 4.49. The van der Waals surface area contributed by atoms with Gasteiger partial charge in [-0.15, -0.1) is 0 Å². The van der Waals surface area contributed by atoms with Crippen LogP contribution in [0.2, 0.25) is 0 Å². The van der Waals surface area contributed by atoms with Crippen LogP contribution in [0.25, 0.3) is 0 Å². The van der Waals surface area contributed by atoms with Crippen LogP contribution in [0.5, 0.6) is 0 Å². The maximum absolute atomic E-state index is 12.0. The minimum atomic E-state index is -4.24. The van der Waals surface area contributed by atoms with Crippen LogP contribution in [0.15, 0.2) is 0 Å². The fourth-order valence-corrected chi connectivity index (χ4v) is 1.64. The lowest BCUT2D eigenvalue weighted by Gasteiger charge is -2.17. The molecule has 1 rings (SSSR count). The monoisotopic (exact) mass is 238 g/mol. The lowest BCUT2D eigenvalue weighted by atomic mass is 10.1. The molecule has 0 heterocycles. The molecule has 0 bridgehead atoms. The molecule has 1 aliphatic rings. The first-order valence-corrected chi connectivity index (χ1v) is 5.39. The SMILES string of the molecule is CC(CC(F)(F)F)NC(=O)CC(N)C1CC1. The van der Waals surface area contributed by atoms with E-state index in [1.807, 2.05) is 0 Å². The van der Waals surface area contributed by atoms with Gasteiger partial charge in [-0.2, -0.15) is 13.2 Å². The number of carbonyl (C=O) groups excluding carboxylic acids is 1. The van der Waals surface area contributed by atoms with Crippen LogP contribution in [0.1, 0.15) is 32.6 Å². The van der Waals surface area contributed by atoms with E-state index in [4.69, 9.17) is 5.73 Å². The highest BCUT2D eigenvalue weighted by Crippen LogP contribution is 2.32. The molecule has 3 nitrogen and oxygen atoms in total. The summed E-state index contributed by atoms with van der Waals surface area (Å²) >= 11 is 0. The van der Waals surface area contributed by atoms with E-state index in [2.05, 4.69) is 5.32 Å². The summed E-state index contributed by atoms with van der Waals surface area (Å²) in [5.74, 6) is -0.0141. The maximum atomic E-state index is 12.0. The Morgan fingerprint density at radius 3 is 2.50 bits per heavy atom. The zero-order chi connectivity index (χ0) is 12.3. The highest BCUT2D eigenvalue weighted by atomic mass is 19.4. The van der Waals surface area contributed by atoms with Gasteiger partial charge in [-0.25, -0.2) is 0 Å². The summed E-state index contributed by atoms with van der Waals surface area (Å²) in [6.07, 6.45) is -3.09. The van der Waals surface area contributed by atoms with Gasteiger partial charge < -0.3 is 11.1 Å². The van der Waals surface area contributed by atoms with Crippen LogP contribution < -0.4 is 11.1 Å². The highest BCUT2D eigenvalue weighted by molar-refractivity contribution is 5.76. The Labute approximate surface area is 92.6 Å². The van der Waals surface area contributed by atoms with Gasteiger partial charge >= 0.3 is 6.18 Å². The summed E-state index contributed by atoms with van der Waals surface area (Å²) in [4.78, 5) is 11.3. The summed E-state index contributed by atoms with van der Waals surface area (Å²) < 4.78 is 35.9. The summed E-state index contributed by atoms with van der Waals surface area (Å²) in [6, 6.07) is -1.10. The molecule has 0 aromatic heterocycles. The van der Waals surface area contributed by atoms with Crippen molar-refractivity contribution in [1.29, 1.82) is 0 Å². The zero-order valence-corrected chi connectivity index (χ0v) is 9.18. The van der Waals surface area contributed by atoms with Crippen molar-refractivity contribution in [2.24, 2.45) is 11.7 Å². The van der Waals surface area contributed by atoms with E-state index in [9.17, 15) is 18.0 Å². The second-order valence-corrected chi connectivity index (χ2v) is 4.49. The topological polar surface area (TPSA) is 55.1 Å². The molecule has 0 aromatic carbocycles. The van der Waals surface area contributed by atoms with Gasteiger partial charge in [0.25, 0.3) is 0 Å². The molecule has 16 heavy (non-hydrogen) atoms. The van der Waals surface area contributed by atoms with Crippen LogP contribution >= 0.6 is 0 Å². The number of halogens is 3. The van der Waals surface area contributed by atoms with Crippen molar-refractivity contribution >= 4 is 5.91 Å². The normalized spacial score (nSPS) is 20.3. The third kappa shape index (κ3) is 5.34. The molecule has 94 valence electrons. The molecule has 1 fully saturated rings. The molecule has 3 N–H and O–H groups in total. The van der Waals surface area contributed by atoms with Crippen molar-refractivity contribution in [2.75, 3.05) is 0 Å². The van der Waals surface area contributed by atoms with Crippen molar-refractivity contribution in [2.45, 2.75) is 50.9 Å². The van der Waals surface area contributed by atoms with Gasteiger partial charge in [0, 0.05) is 18.5 Å². The Hall–Kier alpha value is -0.780. The van der Waals surface area contributed by atoms with E-state index < -0.39 is 24.5 Å². The molecular weight excluding hydrogens is 221 g/mol. The number of hydrogen-bond acceptors (Lipinski definition) is 2. The molecule has 0 aromatic rings. The van der Waals surface area contributed by atoms with E-state index in [1.54, 1.807) is 0 Å². The predicted octanol–water partition coefficient (Wildman–Crippen LogP) is 1.57. The van der Waals surface area contributed by atoms with Crippen molar-refractivity contribution in [3.8, 4) is 0 Å². The number of nitrogens with one attached hydrogen (secondary N) is 1. The van der Waals surface area contributed by atoms with E-state index in [0.717, 1.165) is 12.8 Å². The molecule has 1 aliphatic carbocycles. The second kappa shape index (κ2) is 5.03. The third-order valence-electron chi connectivity index (χ3n) is 2.59. The molecule has 0 spiro atoms. The fraction of sp³-hybridized carbons (Fsp3) is 0.900. The largest absolute Gasteiger partial charge is 0.391 e. The average molecular weight is 238 g/mol. The molecule has 0 radical (unpaired) electrons. The lowest BCUT2D eigenvalue weighted by molar-refractivity contribution is -0.141. The quantitative estimate of drug-likeness (QED) is 0.763. The Morgan fingerprint density at radius 1 is 1.50 bits per heavy atom. The first-order chi connectivity index (χ1) is 7.28. The van der Waals surface area contributed by atoms with Crippen molar-refractivity contribution in [3.05, 3.63) is 0 Å². The molecule has 0 saturated heterocycles. The molecular formula is C10H17F3N2O. The molecule has 1 saturated carbocycles. The standard InChI is InChI=1S/C10H17F3N2O/c1-6(5-10(11,12)13)15-9(16)4-8(14)7-2-3-7/h6-8H,2-5,14H2,1H3,(H,15,16). The molecule has 6 heteroatoms. The van der Waals surface area contributed by atoms with Gasteiger partial charge in [0.15, 0.2) is 0 Å². The van der Waals surface area contributed by atoms with Gasteiger partial charge in [0.2, 0.25) is 5.91 Å². The van der Waals surface area contributed by atoms with Crippen molar-refractivity contribution in [3.63, 3.8) is 0 Å². The predicted molar refractivity (Wildman–Crippen MR) is 53.6 cm³/mol. The summed E-state index contributed by atoms with van der Waals surface area (Å²) in [5, 5.41) is 2.31. The van der Waals surface area contributed by atoms with Gasteiger partial charge in [-0.1, -0.05) is 0 Å². The molecule has 2 unspecified atom stereocenters. The third-order valence-corrected chi connectivity index (χ3v) is 2.59. The Morgan fingerprint density at radius 2 is 2.06 bits per heavy atom. The average Bonchev–Trinajstić information content (AvgIpc) is 2.79. The lowest BCUT2D eigenvalue weighted by Crippen LogP contribution is -2.39. The maximum Gasteiger partial charge on any atom is 0.391 e. The molecule has 1 amide bonds. The van der Waals surface area contributed by atoms with E-state index in [1.165, 1.54) is 6.92 Å². The minimum absolute atomic E-state index is 0.118. The first-order valence-electron chi connectivity index (χ1n) is 5.39. The number of hydrogen-bond donors (Lipinski definition) is 2. The fourth-order valence-electron chi connectivity index (χ4n) is 1.64.